The summed E-state index contributed by atoms with van der Waals surface area (Å²) >= 11 is 0. The number of likely N-dealkylation sites (tertiary alicyclic amines) is 1. The number of hydrogen-bond acceptors (Lipinski definition) is 6. The van der Waals surface area contributed by atoms with E-state index >= 15 is 0 Å². The lowest BCUT2D eigenvalue weighted by molar-refractivity contribution is -0.129. The maximum Gasteiger partial charge on any atom is 0.299 e. The molecule has 36 heavy (non-hydrogen) atoms. The number of pyridine rings is 1. The summed E-state index contributed by atoms with van der Waals surface area (Å²) in [5.41, 5.74) is 7.90. The predicted octanol–water partition coefficient (Wildman–Crippen LogP) is 2.40. The molecule has 3 amide bonds. The fourth-order valence-corrected chi connectivity index (χ4v) is 4.32. The molecule has 2 aromatic heterocycles. The number of benzene rings is 1. The Hall–Kier alpha value is -4.65. The van der Waals surface area contributed by atoms with Crippen molar-refractivity contribution in [2.75, 3.05) is 17.7 Å². The second-order valence-electron chi connectivity index (χ2n) is 8.54. The van der Waals surface area contributed by atoms with Gasteiger partial charge in [-0.05, 0) is 68.9 Å². The average molecular weight is 486 g/mol. The smallest absolute Gasteiger partial charge is 0.299 e. The molecule has 0 radical (unpaired) electrons. The molecule has 0 saturated carbocycles. The third-order valence-corrected chi connectivity index (χ3v) is 6.04. The van der Waals surface area contributed by atoms with Gasteiger partial charge in [-0.25, -0.2) is 14.6 Å². The summed E-state index contributed by atoms with van der Waals surface area (Å²) in [4.78, 5) is 48.0. The van der Waals surface area contributed by atoms with Crippen LogP contribution in [0.5, 0.6) is 0 Å². The van der Waals surface area contributed by atoms with Crippen molar-refractivity contribution >= 4 is 23.5 Å². The molecular formula is C26H27N7O3. The largest absolute Gasteiger partial charge is 0.364 e. The number of nitrogens with one attached hydrogen (secondary N) is 1. The number of aryl methyl sites for hydroxylation is 1. The van der Waals surface area contributed by atoms with Gasteiger partial charge >= 0.3 is 0 Å². The predicted molar refractivity (Wildman–Crippen MR) is 135 cm³/mol. The van der Waals surface area contributed by atoms with E-state index in [1.54, 1.807) is 48.4 Å². The number of nitrogens with two attached hydrogens (primary N) is 2. The number of primary amides is 1. The highest BCUT2D eigenvalue weighted by molar-refractivity contribution is 6.04. The number of rotatable bonds is 5. The number of amides is 3. The Balaban J connectivity index is 1.65. The molecule has 3 aromatic rings. The van der Waals surface area contributed by atoms with Crippen molar-refractivity contribution < 1.29 is 14.4 Å². The molecule has 10 nitrogen and oxygen atoms in total. The summed E-state index contributed by atoms with van der Waals surface area (Å²) in [5, 5.41) is 2.76. The molecular weight excluding hydrogens is 458 g/mol. The quantitative estimate of drug-likeness (QED) is 0.373. The lowest BCUT2D eigenvalue weighted by atomic mass is 10.0. The molecule has 1 aromatic carbocycles. The van der Waals surface area contributed by atoms with Gasteiger partial charge in [-0.15, -0.1) is 0 Å². The van der Waals surface area contributed by atoms with Crippen LogP contribution >= 0.6 is 0 Å². The maximum absolute atomic E-state index is 12.7. The van der Waals surface area contributed by atoms with Gasteiger partial charge in [0.2, 0.25) is 0 Å². The van der Waals surface area contributed by atoms with Gasteiger partial charge in [-0.3, -0.25) is 14.4 Å². The Labute approximate surface area is 208 Å². The fourth-order valence-electron chi connectivity index (χ4n) is 4.32. The third kappa shape index (κ3) is 4.90. The van der Waals surface area contributed by atoms with E-state index < -0.39 is 11.9 Å². The van der Waals surface area contributed by atoms with Crippen LogP contribution in [0.15, 0.2) is 42.6 Å². The zero-order valence-corrected chi connectivity index (χ0v) is 20.1. The van der Waals surface area contributed by atoms with Crippen LogP contribution in [0, 0.1) is 18.8 Å². The minimum absolute atomic E-state index is 0.0192. The molecule has 3 heterocycles. The summed E-state index contributed by atoms with van der Waals surface area (Å²) in [6.45, 7) is 4.03. The zero-order chi connectivity index (χ0) is 25.8. The minimum atomic E-state index is -0.749. The number of hydrogen-bond donors (Lipinski definition) is 3. The van der Waals surface area contributed by atoms with Gasteiger partial charge < -0.3 is 21.8 Å². The van der Waals surface area contributed by atoms with Crippen molar-refractivity contribution in [1.29, 1.82) is 0 Å². The second kappa shape index (κ2) is 10.3. The normalized spacial score (nSPS) is 15.1. The van der Waals surface area contributed by atoms with Crippen LogP contribution in [0.25, 0.3) is 11.3 Å². The molecule has 0 bridgehead atoms. The highest BCUT2D eigenvalue weighted by atomic mass is 16.2. The van der Waals surface area contributed by atoms with E-state index in [1.807, 2.05) is 13.0 Å². The molecule has 184 valence electrons. The van der Waals surface area contributed by atoms with Crippen molar-refractivity contribution in [3.05, 3.63) is 65.2 Å². The maximum atomic E-state index is 12.7. The van der Waals surface area contributed by atoms with Gasteiger partial charge in [-0.1, -0.05) is 18.1 Å². The fraction of sp³-hybridized carbons (Fsp3) is 0.269. The molecule has 1 aliphatic heterocycles. The van der Waals surface area contributed by atoms with Crippen molar-refractivity contribution in [2.24, 2.45) is 5.73 Å². The third-order valence-electron chi connectivity index (χ3n) is 6.04. The van der Waals surface area contributed by atoms with E-state index in [4.69, 9.17) is 11.6 Å². The number of carbonyl (C=O) groups is 3. The molecule has 10 heteroatoms. The van der Waals surface area contributed by atoms with E-state index in [-0.39, 0.29) is 23.2 Å². The molecule has 1 aliphatic rings. The Morgan fingerprint density at radius 1 is 1.14 bits per heavy atom. The summed E-state index contributed by atoms with van der Waals surface area (Å²) in [7, 11) is 0. The molecule has 5 N–H and O–H groups in total. The Bertz CT molecular complexity index is 1380. The van der Waals surface area contributed by atoms with Crippen molar-refractivity contribution in [3.63, 3.8) is 0 Å². The first-order valence-electron chi connectivity index (χ1n) is 11.6. The van der Waals surface area contributed by atoms with Crippen LogP contribution in [-0.4, -0.2) is 43.8 Å². The summed E-state index contributed by atoms with van der Waals surface area (Å²) in [5.74, 6) is 10.9. The molecule has 1 saturated heterocycles. The molecule has 1 unspecified atom stereocenters. The Kier molecular flexibility index (Phi) is 7.01. The summed E-state index contributed by atoms with van der Waals surface area (Å²) in [6.07, 6.45) is 3.98. The average Bonchev–Trinajstić information content (AvgIpc) is 3.21. The van der Waals surface area contributed by atoms with E-state index in [0.717, 1.165) is 23.1 Å². The first-order valence-corrected chi connectivity index (χ1v) is 11.6. The number of imidazole rings is 1. The number of carbonyl (C=O) groups excluding carboxylic acids is 3. The van der Waals surface area contributed by atoms with E-state index in [2.05, 4.69) is 27.1 Å². The van der Waals surface area contributed by atoms with Crippen molar-refractivity contribution in [1.82, 2.24) is 19.5 Å². The summed E-state index contributed by atoms with van der Waals surface area (Å²) in [6, 6.07) is 9.75. The molecule has 0 spiro atoms. The lowest BCUT2D eigenvalue weighted by Gasteiger charge is -2.33. The van der Waals surface area contributed by atoms with Crippen LogP contribution < -0.4 is 16.9 Å². The number of nitrogen functional groups attached to an aromatic ring is 1. The van der Waals surface area contributed by atoms with Gasteiger partial charge in [0.1, 0.15) is 11.5 Å². The standard InChI is InChI=1S/C26H27N7O3/c1-3-6-21(34)32-14-5-4-7-19(32)25-31-22(23(24(27)35)33(25)28)17-8-10-18(11-9-17)26(36)30-20-15-16(2)12-13-29-20/h8-13,15,19H,4-5,7,14,28H2,1-2H3,(H2,27,35)(H,29,30,36). The van der Waals surface area contributed by atoms with Crippen LogP contribution in [0.3, 0.4) is 0 Å². The highest BCUT2D eigenvalue weighted by Gasteiger charge is 2.33. The van der Waals surface area contributed by atoms with E-state index in [1.165, 1.54) is 0 Å². The monoisotopic (exact) mass is 485 g/mol. The van der Waals surface area contributed by atoms with Gasteiger partial charge in [0.15, 0.2) is 11.5 Å². The summed E-state index contributed by atoms with van der Waals surface area (Å²) < 4.78 is 1.16. The van der Waals surface area contributed by atoms with Crippen LogP contribution in [-0.2, 0) is 4.79 Å². The van der Waals surface area contributed by atoms with Crippen molar-refractivity contribution in [3.8, 4) is 23.1 Å². The molecule has 1 fully saturated rings. The topological polar surface area (TPSA) is 149 Å². The highest BCUT2D eigenvalue weighted by Crippen LogP contribution is 2.33. The van der Waals surface area contributed by atoms with E-state index in [0.29, 0.717) is 35.7 Å². The van der Waals surface area contributed by atoms with Gasteiger partial charge in [0.05, 0.1) is 6.04 Å². The van der Waals surface area contributed by atoms with Gasteiger partial charge in [0.25, 0.3) is 17.7 Å². The second-order valence-corrected chi connectivity index (χ2v) is 8.54. The number of aromatic nitrogens is 3. The van der Waals surface area contributed by atoms with Crippen molar-refractivity contribution in [2.45, 2.75) is 39.2 Å². The van der Waals surface area contributed by atoms with E-state index in [9.17, 15) is 14.4 Å². The first kappa shape index (κ1) is 24.5. The Morgan fingerprint density at radius 2 is 1.89 bits per heavy atom. The lowest BCUT2D eigenvalue weighted by Crippen LogP contribution is -2.40. The molecule has 4 rings (SSSR count). The molecule has 1 atom stereocenters. The zero-order valence-electron chi connectivity index (χ0n) is 20.1. The molecule has 0 aliphatic carbocycles. The van der Waals surface area contributed by atoms with Crippen LogP contribution in [0.2, 0.25) is 0 Å². The van der Waals surface area contributed by atoms with Crippen LogP contribution in [0.1, 0.15) is 64.5 Å². The first-order chi connectivity index (χ1) is 17.3. The number of nitrogens with zero attached hydrogens (tertiary/aromatic N) is 4. The van der Waals surface area contributed by atoms with Gasteiger partial charge in [0, 0.05) is 23.9 Å². The minimum Gasteiger partial charge on any atom is -0.364 e. The number of anilines is 1. The SMILES string of the molecule is CC#CC(=O)N1CCCCC1c1nc(-c2ccc(C(=O)Nc3cc(C)ccn3)cc2)c(C(N)=O)n1N. The van der Waals surface area contributed by atoms with Gasteiger partial charge in [-0.2, -0.15) is 0 Å². The number of piperidine rings is 1. The van der Waals surface area contributed by atoms with Crippen LogP contribution in [0.4, 0.5) is 5.82 Å². The Morgan fingerprint density at radius 3 is 2.56 bits per heavy atom.